The zero-order valence-corrected chi connectivity index (χ0v) is 11.2. The van der Waals surface area contributed by atoms with Gasteiger partial charge in [-0.2, -0.15) is 0 Å². The molecule has 0 atom stereocenters. The van der Waals surface area contributed by atoms with Gasteiger partial charge < -0.3 is 14.4 Å². The highest BCUT2D eigenvalue weighted by Crippen LogP contribution is 2.11. The van der Waals surface area contributed by atoms with E-state index in [-0.39, 0.29) is 17.2 Å². The summed E-state index contributed by atoms with van der Waals surface area (Å²) in [4.78, 5) is 28.6. The third-order valence-corrected chi connectivity index (χ3v) is 2.86. The SMILES string of the molecule is Cc1nc(C(=O)N(C)Cc2ccco2)ccc1C(=O)O. The summed E-state index contributed by atoms with van der Waals surface area (Å²) < 4.78 is 5.17. The third kappa shape index (κ3) is 2.85. The van der Waals surface area contributed by atoms with Crippen LogP contribution in [-0.2, 0) is 6.54 Å². The molecular weight excluding hydrogens is 260 g/mol. The molecule has 0 unspecified atom stereocenters. The second kappa shape index (κ2) is 5.56. The summed E-state index contributed by atoms with van der Waals surface area (Å²) in [6.07, 6.45) is 1.54. The number of aromatic carboxylic acids is 1. The largest absolute Gasteiger partial charge is 0.478 e. The molecule has 1 N–H and O–H groups in total. The minimum absolute atomic E-state index is 0.0928. The van der Waals surface area contributed by atoms with Gasteiger partial charge in [-0.1, -0.05) is 0 Å². The number of amides is 1. The van der Waals surface area contributed by atoms with Gasteiger partial charge in [-0.25, -0.2) is 9.78 Å². The van der Waals surface area contributed by atoms with E-state index < -0.39 is 5.97 Å². The second-order valence-corrected chi connectivity index (χ2v) is 4.38. The number of carboxylic acids is 1. The Bertz CT molecular complexity index is 635. The van der Waals surface area contributed by atoms with Gasteiger partial charge in [-0.3, -0.25) is 4.79 Å². The number of hydrogen-bond acceptors (Lipinski definition) is 4. The fraction of sp³-hybridized carbons (Fsp3) is 0.214. The first-order chi connectivity index (χ1) is 9.49. The predicted molar refractivity (Wildman–Crippen MR) is 70.4 cm³/mol. The van der Waals surface area contributed by atoms with Crippen LogP contribution in [0.4, 0.5) is 0 Å². The Hall–Kier alpha value is -2.63. The number of hydrogen-bond donors (Lipinski definition) is 1. The van der Waals surface area contributed by atoms with Gasteiger partial charge in [0.15, 0.2) is 0 Å². The van der Waals surface area contributed by atoms with Crippen LogP contribution in [0.3, 0.4) is 0 Å². The molecule has 6 nitrogen and oxygen atoms in total. The number of furan rings is 1. The monoisotopic (exact) mass is 274 g/mol. The smallest absolute Gasteiger partial charge is 0.337 e. The van der Waals surface area contributed by atoms with Crippen molar-refractivity contribution >= 4 is 11.9 Å². The molecule has 0 saturated heterocycles. The molecule has 2 aromatic heterocycles. The normalized spacial score (nSPS) is 10.3. The van der Waals surface area contributed by atoms with E-state index in [9.17, 15) is 9.59 Å². The highest BCUT2D eigenvalue weighted by molar-refractivity contribution is 5.94. The average Bonchev–Trinajstić information content (AvgIpc) is 2.90. The summed E-state index contributed by atoms with van der Waals surface area (Å²) in [5.74, 6) is -0.681. The molecule has 2 rings (SSSR count). The zero-order chi connectivity index (χ0) is 14.7. The highest BCUT2D eigenvalue weighted by Gasteiger charge is 2.17. The van der Waals surface area contributed by atoms with E-state index in [1.54, 1.807) is 26.1 Å². The standard InChI is InChI=1S/C14H14N2O4/c1-9-11(14(18)19)5-6-12(15-9)13(17)16(2)8-10-4-3-7-20-10/h3-7H,8H2,1-2H3,(H,18,19). The number of carbonyl (C=O) groups is 2. The Kier molecular flexibility index (Phi) is 3.84. The summed E-state index contributed by atoms with van der Waals surface area (Å²) in [6, 6.07) is 6.32. The molecule has 0 aliphatic rings. The topological polar surface area (TPSA) is 83.6 Å². The Morgan fingerprint density at radius 1 is 1.35 bits per heavy atom. The van der Waals surface area contributed by atoms with Gasteiger partial charge in [0, 0.05) is 7.05 Å². The molecular formula is C14H14N2O4. The lowest BCUT2D eigenvalue weighted by molar-refractivity contribution is 0.0692. The van der Waals surface area contributed by atoms with Crippen LogP contribution in [0.25, 0.3) is 0 Å². The molecule has 0 aliphatic heterocycles. The molecule has 0 bridgehead atoms. The number of aryl methyl sites for hydroxylation is 1. The number of carbonyl (C=O) groups excluding carboxylic acids is 1. The number of pyridine rings is 1. The van der Waals surface area contributed by atoms with Crippen LogP contribution in [0.5, 0.6) is 0 Å². The molecule has 6 heteroatoms. The maximum atomic E-state index is 12.2. The van der Waals surface area contributed by atoms with Crippen molar-refractivity contribution in [3.8, 4) is 0 Å². The van der Waals surface area contributed by atoms with Crippen LogP contribution in [0, 0.1) is 6.92 Å². The van der Waals surface area contributed by atoms with Gasteiger partial charge in [-0.05, 0) is 31.2 Å². The van der Waals surface area contributed by atoms with Crippen LogP contribution >= 0.6 is 0 Å². The molecule has 2 heterocycles. The van der Waals surface area contributed by atoms with Crippen molar-refractivity contribution in [2.75, 3.05) is 7.05 Å². The highest BCUT2D eigenvalue weighted by atomic mass is 16.4. The second-order valence-electron chi connectivity index (χ2n) is 4.38. The van der Waals surface area contributed by atoms with Gasteiger partial charge in [0.05, 0.1) is 24.1 Å². The summed E-state index contributed by atoms with van der Waals surface area (Å²) in [5.41, 5.74) is 0.617. The first-order valence-corrected chi connectivity index (χ1v) is 5.98. The molecule has 1 amide bonds. The Morgan fingerprint density at radius 2 is 2.10 bits per heavy atom. The number of aromatic nitrogens is 1. The quantitative estimate of drug-likeness (QED) is 0.921. The third-order valence-electron chi connectivity index (χ3n) is 2.86. The molecule has 0 radical (unpaired) electrons. The Labute approximate surface area is 115 Å². The van der Waals surface area contributed by atoms with Crippen molar-refractivity contribution in [1.82, 2.24) is 9.88 Å². The molecule has 0 aromatic carbocycles. The maximum absolute atomic E-state index is 12.2. The number of rotatable bonds is 4. The first-order valence-electron chi connectivity index (χ1n) is 5.98. The lowest BCUT2D eigenvalue weighted by Gasteiger charge is -2.15. The molecule has 20 heavy (non-hydrogen) atoms. The lowest BCUT2D eigenvalue weighted by Crippen LogP contribution is -2.27. The predicted octanol–water partition coefficient (Wildman–Crippen LogP) is 1.95. The van der Waals surface area contributed by atoms with Crippen LogP contribution in [0.1, 0.15) is 32.3 Å². The summed E-state index contributed by atoms with van der Waals surface area (Å²) >= 11 is 0. The van der Waals surface area contributed by atoms with Gasteiger partial charge in [0.2, 0.25) is 0 Å². The van der Waals surface area contributed by atoms with Crippen LogP contribution in [0.15, 0.2) is 34.9 Å². The van der Waals surface area contributed by atoms with Gasteiger partial charge in [0.25, 0.3) is 5.91 Å². The fourth-order valence-electron chi connectivity index (χ4n) is 1.81. The van der Waals surface area contributed by atoms with E-state index in [4.69, 9.17) is 9.52 Å². The first kappa shape index (κ1) is 13.8. The molecule has 0 fully saturated rings. The minimum Gasteiger partial charge on any atom is -0.478 e. The van der Waals surface area contributed by atoms with E-state index in [0.717, 1.165) is 0 Å². The van der Waals surface area contributed by atoms with E-state index in [2.05, 4.69) is 4.98 Å². The van der Waals surface area contributed by atoms with Crippen molar-refractivity contribution in [2.45, 2.75) is 13.5 Å². The van der Waals surface area contributed by atoms with Crippen LogP contribution in [-0.4, -0.2) is 33.9 Å². The van der Waals surface area contributed by atoms with E-state index in [0.29, 0.717) is 18.0 Å². The summed E-state index contributed by atoms with van der Waals surface area (Å²) in [7, 11) is 1.63. The van der Waals surface area contributed by atoms with Crippen molar-refractivity contribution < 1.29 is 19.1 Å². The van der Waals surface area contributed by atoms with Crippen molar-refractivity contribution in [3.63, 3.8) is 0 Å². The minimum atomic E-state index is -1.06. The average molecular weight is 274 g/mol. The Morgan fingerprint density at radius 3 is 2.65 bits per heavy atom. The van der Waals surface area contributed by atoms with E-state index in [1.807, 2.05) is 0 Å². The van der Waals surface area contributed by atoms with Crippen molar-refractivity contribution in [3.05, 3.63) is 53.2 Å². The molecule has 0 aliphatic carbocycles. The van der Waals surface area contributed by atoms with Gasteiger partial charge in [-0.15, -0.1) is 0 Å². The van der Waals surface area contributed by atoms with E-state index >= 15 is 0 Å². The van der Waals surface area contributed by atoms with Gasteiger partial charge >= 0.3 is 5.97 Å². The summed E-state index contributed by atoms with van der Waals surface area (Å²) in [6.45, 7) is 1.89. The molecule has 2 aromatic rings. The van der Waals surface area contributed by atoms with E-state index in [1.165, 1.54) is 23.3 Å². The zero-order valence-electron chi connectivity index (χ0n) is 11.2. The molecule has 0 spiro atoms. The number of nitrogens with zero attached hydrogens (tertiary/aromatic N) is 2. The van der Waals surface area contributed by atoms with Crippen molar-refractivity contribution in [2.24, 2.45) is 0 Å². The summed E-state index contributed by atoms with van der Waals surface area (Å²) in [5, 5.41) is 8.93. The Balaban J connectivity index is 2.16. The fourth-order valence-corrected chi connectivity index (χ4v) is 1.81. The van der Waals surface area contributed by atoms with Crippen molar-refractivity contribution in [1.29, 1.82) is 0 Å². The maximum Gasteiger partial charge on any atom is 0.337 e. The molecule has 0 saturated carbocycles. The van der Waals surface area contributed by atoms with Crippen LogP contribution in [0.2, 0.25) is 0 Å². The lowest BCUT2D eigenvalue weighted by atomic mass is 10.2. The van der Waals surface area contributed by atoms with Gasteiger partial charge in [0.1, 0.15) is 11.5 Å². The van der Waals surface area contributed by atoms with Crippen LogP contribution < -0.4 is 0 Å². The number of carboxylic acid groups (broad SMARTS) is 1. The molecule has 104 valence electrons.